The number of benzene rings is 1. The summed E-state index contributed by atoms with van der Waals surface area (Å²) in [5.41, 5.74) is 0.377. The van der Waals surface area contributed by atoms with E-state index in [-0.39, 0.29) is 18.8 Å². The van der Waals surface area contributed by atoms with Crippen LogP contribution in [0.25, 0.3) is 5.82 Å². The third-order valence-corrected chi connectivity index (χ3v) is 7.03. The Morgan fingerprint density at radius 2 is 1.53 bits per heavy atom. The molecule has 1 fully saturated rings. The summed E-state index contributed by atoms with van der Waals surface area (Å²) in [7, 11) is -3.65. The molecule has 0 bridgehead atoms. The molecule has 0 radical (unpaired) electrons. The van der Waals surface area contributed by atoms with Gasteiger partial charge in [0.15, 0.2) is 11.6 Å². The second-order valence-corrected chi connectivity index (χ2v) is 9.46. The van der Waals surface area contributed by atoms with Gasteiger partial charge >= 0.3 is 6.18 Å². The van der Waals surface area contributed by atoms with Gasteiger partial charge in [-0.25, -0.2) is 13.1 Å². The lowest BCUT2D eigenvalue weighted by atomic mass is 10.1. The third-order valence-electron chi connectivity index (χ3n) is 5.18. The molecule has 0 unspecified atom stereocenters. The van der Waals surface area contributed by atoms with Crippen molar-refractivity contribution in [3.05, 3.63) is 65.5 Å². The van der Waals surface area contributed by atoms with E-state index in [1.54, 1.807) is 16.9 Å². The predicted molar refractivity (Wildman–Crippen MR) is 112 cm³/mol. The summed E-state index contributed by atoms with van der Waals surface area (Å²) in [5, 5.41) is 12.7. The summed E-state index contributed by atoms with van der Waals surface area (Å²) in [5.74, 6) is 0.875. The Bertz CT molecular complexity index is 1170. The SMILES string of the molecule is Cc1ccn(-c2ccc(N3CCN(S(=O)(=O)Cc4ccc(C(F)(F)F)cc4)CC3)nn2)n1. The molecular formula is C20H21F3N6O2S. The van der Waals surface area contributed by atoms with E-state index in [0.29, 0.717) is 30.3 Å². The first-order valence-corrected chi connectivity index (χ1v) is 11.5. The number of nitrogens with zero attached hydrogens (tertiary/aromatic N) is 6. The van der Waals surface area contributed by atoms with E-state index >= 15 is 0 Å². The van der Waals surface area contributed by atoms with Crippen LogP contribution in [-0.4, -0.2) is 58.9 Å². The average molecular weight is 466 g/mol. The fourth-order valence-electron chi connectivity index (χ4n) is 3.44. The lowest BCUT2D eigenvalue weighted by Crippen LogP contribution is -2.49. The summed E-state index contributed by atoms with van der Waals surface area (Å²) in [6.07, 6.45) is -2.66. The van der Waals surface area contributed by atoms with Crippen molar-refractivity contribution < 1.29 is 21.6 Å². The highest BCUT2D eigenvalue weighted by molar-refractivity contribution is 7.88. The number of halogens is 3. The summed E-state index contributed by atoms with van der Waals surface area (Å²) in [6.45, 7) is 3.25. The van der Waals surface area contributed by atoms with Gasteiger partial charge in [-0.3, -0.25) is 0 Å². The normalized spacial score (nSPS) is 15.8. The molecule has 3 heterocycles. The predicted octanol–water partition coefficient (Wildman–Crippen LogP) is 2.64. The first-order valence-electron chi connectivity index (χ1n) is 9.87. The summed E-state index contributed by atoms with van der Waals surface area (Å²) >= 11 is 0. The average Bonchev–Trinajstić information content (AvgIpc) is 3.20. The maximum Gasteiger partial charge on any atom is 0.416 e. The molecule has 1 aliphatic heterocycles. The molecule has 2 aromatic heterocycles. The zero-order valence-electron chi connectivity index (χ0n) is 17.2. The molecule has 32 heavy (non-hydrogen) atoms. The molecule has 1 aromatic carbocycles. The highest BCUT2D eigenvalue weighted by Gasteiger charge is 2.31. The molecule has 0 N–H and O–H groups in total. The number of rotatable bonds is 5. The number of alkyl halides is 3. The molecule has 12 heteroatoms. The number of aromatic nitrogens is 4. The molecular weight excluding hydrogens is 445 g/mol. The molecule has 0 spiro atoms. The van der Waals surface area contributed by atoms with Crippen LogP contribution in [0.15, 0.2) is 48.7 Å². The van der Waals surface area contributed by atoms with Crippen molar-refractivity contribution in [2.45, 2.75) is 18.9 Å². The van der Waals surface area contributed by atoms with Crippen molar-refractivity contribution in [3.63, 3.8) is 0 Å². The molecule has 0 saturated carbocycles. The number of sulfonamides is 1. The molecule has 3 aromatic rings. The van der Waals surface area contributed by atoms with Crippen molar-refractivity contribution in [2.24, 2.45) is 0 Å². The maximum absolute atomic E-state index is 12.7. The monoisotopic (exact) mass is 466 g/mol. The molecule has 8 nitrogen and oxygen atoms in total. The Labute approximate surface area is 183 Å². The Morgan fingerprint density at radius 1 is 0.906 bits per heavy atom. The minimum atomic E-state index is -4.45. The van der Waals surface area contributed by atoms with Crippen molar-refractivity contribution in [1.82, 2.24) is 24.3 Å². The molecule has 0 amide bonds. The van der Waals surface area contributed by atoms with Crippen LogP contribution in [0.2, 0.25) is 0 Å². The number of piperazine rings is 1. The van der Waals surface area contributed by atoms with E-state index in [4.69, 9.17) is 0 Å². The Kier molecular flexibility index (Phi) is 5.91. The van der Waals surface area contributed by atoms with Crippen LogP contribution < -0.4 is 4.90 Å². The van der Waals surface area contributed by atoms with Crippen LogP contribution in [0.1, 0.15) is 16.8 Å². The summed E-state index contributed by atoms with van der Waals surface area (Å²) in [4.78, 5) is 1.94. The third kappa shape index (κ3) is 4.91. The van der Waals surface area contributed by atoms with Crippen molar-refractivity contribution in [2.75, 3.05) is 31.1 Å². The standard InChI is InChI=1S/C20H21F3N6O2S/c1-15-8-9-29(26-15)19-7-6-18(24-25-19)27-10-12-28(13-11-27)32(30,31)14-16-2-4-17(5-3-16)20(21,22)23/h2-9H,10-14H2,1H3. The number of hydrogen-bond acceptors (Lipinski definition) is 6. The van der Waals surface area contributed by atoms with Gasteiger partial charge in [0, 0.05) is 32.4 Å². The molecule has 4 rings (SSSR count). The van der Waals surface area contributed by atoms with Crippen LogP contribution in [0.4, 0.5) is 19.0 Å². The van der Waals surface area contributed by atoms with E-state index in [2.05, 4.69) is 15.3 Å². The number of aryl methyl sites for hydroxylation is 1. The lowest BCUT2D eigenvalue weighted by Gasteiger charge is -2.34. The molecule has 170 valence electrons. The fraction of sp³-hybridized carbons (Fsp3) is 0.350. The molecule has 0 atom stereocenters. The van der Waals surface area contributed by atoms with E-state index in [9.17, 15) is 21.6 Å². The Morgan fingerprint density at radius 3 is 2.06 bits per heavy atom. The maximum atomic E-state index is 12.7. The van der Waals surface area contributed by atoms with Gasteiger partial charge in [0.2, 0.25) is 10.0 Å². The van der Waals surface area contributed by atoms with Crippen LogP contribution in [0.3, 0.4) is 0 Å². The molecule has 1 saturated heterocycles. The summed E-state index contributed by atoms with van der Waals surface area (Å²) < 4.78 is 66.5. The van der Waals surface area contributed by atoms with E-state index < -0.39 is 21.8 Å². The van der Waals surface area contributed by atoms with Gasteiger partial charge in [-0.1, -0.05) is 12.1 Å². The van der Waals surface area contributed by atoms with Crippen LogP contribution in [-0.2, 0) is 22.0 Å². The van der Waals surface area contributed by atoms with Crippen molar-refractivity contribution in [1.29, 1.82) is 0 Å². The Hall–Kier alpha value is -2.99. The minimum Gasteiger partial charge on any atom is -0.352 e. The highest BCUT2D eigenvalue weighted by Crippen LogP contribution is 2.29. The van der Waals surface area contributed by atoms with Gasteiger partial charge in [0.05, 0.1) is 17.0 Å². The quantitative estimate of drug-likeness (QED) is 0.575. The smallest absolute Gasteiger partial charge is 0.352 e. The van der Waals surface area contributed by atoms with Crippen LogP contribution >= 0.6 is 0 Å². The lowest BCUT2D eigenvalue weighted by molar-refractivity contribution is -0.137. The second-order valence-electron chi connectivity index (χ2n) is 7.49. The van der Waals surface area contributed by atoms with Crippen molar-refractivity contribution >= 4 is 15.8 Å². The number of anilines is 1. The second kappa shape index (κ2) is 8.51. The first kappa shape index (κ1) is 22.2. The topological polar surface area (TPSA) is 84.2 Å². The zero-order valence-corrected chi connectivity index (χ0v) is 18.0. The van der Waals surface area contributed by atoms with Gasteiger partial charge in [-0.05, 0) is 42.8 Å². The van der Waals surface area contributed by atoms with Crippen LogP contribution in [0, 0.1) is 6.92 Å². The van der Waals surface area contributed by atoms with Gasteiger partial charge in [0.1, 0.15) is 0 Å². The van der Waals surface area contributed by atoms with E-state index in [1.165, 1.54) is 16.4 Å². The molecule has 1 aliphatic rings. The minimum absolute atomic E-state index is 0.255. The van der Waals surface area contributed by atoms with Crippen LogP contribution in [0.5, 0.6) is 0 Å². The van der Waals surface area contributed by atoms with Gasteiger partial charge < -0.3 is 4.90 Å². The van der Waals surface area contributed by atoms with Gasteiger partial charge in [-0.15, -0.1) is 10.2 Å². The van der Waals surface area contributed by atoms with E-state index in [0.717, 1.165) is 17.8 Å². The highest BCUT2D eigenvalue weighted by atomic mass is 32.2. The summed E-state index contributed by atoms with van der Waals surface area (Å²) in [6, 6.07) is 9.67. The largest absolute Gasteiger partial charge is 0.416 e. The molecule has 0 aliphatic carbocycles. The fourth-order valence-corrected chi connectivity index (χ4v) is 4.95. The van der Waals surface area contributed by atoms with Gasteiger partial charge in [-0.2, -0.15) is 22.6 Å². The number of hydrogen-bond donors (Lipinski definition) is 0. The zero-order chi connectivity index (χ0) is 22.9. The Balaban J connectivity index is 1.36. The van der Waals surface area contributed by atoms with Crippen molar-refractivity contribution in [3.8, 4) is 5.82 Å². The first-order chi connectivity index (χ1) is 15.1. The van der Waals surface area contributed by atoms with Gasteiger partial charge in [0.25, 0.3) is 0 Å². The van der Waals surface area contributed by atoms with E-state index in [1.807, 2.05) is 24.0 Å².